The lowest BCUT2D eigenvalue weighted by molar-refractivity contribution is -0.130. The van der Waals surface area contributed by atoms with Crippen LogP contribution in [0, 0.1) is 5.92 Å². The van der Waals surface area contributed by atoms with Crippen molar-refractivity contribution in [3.05, 3.63) is 46.2 Å². The van der Waals surface area contributed by atoms with E-state index < -0.39 is 5.91 Å². The molecule has 2 amide bonds. The fourth-order valence-corrected chi connectivity index (χ4v) is 3.93. The first-order valence-electron chi connectivity index (χ1n) is 8.52. The molecule has 0 unspecified atom stereocenters. The summed E-state index contributed by atoms with van der Waals surface area (Å²) in [6, 6.07) is 5.66. The monoisotopic (exact) mass is 358 g/mol. The Labute approximate surface area is 151 Å². The number of thiophene rings is 1. The largest absolute Gasteiger partial charge is 0.364 e. The Morgan fingerprint density at radius 1 is 1.28 bits per heavy atom. The van der Waals surface area contributed by atoms with Gasteiger partial charge in [-0.15, -0.1) is 11.3 Å². The van der Waals surface area contributed by atoms with Crippen LogP contribution >= 0.6 is 11.3 Å². The lowest BCUT2D eigenvalue weighted by Gasteiger charge is -2.20. The minimum Gasteiger partial charge on any atom is -0.364 e. The second kappa shape index (κ2) is 8.20. The van der Waals surface area contributed by atoms with Gasteiger partial charge >= 0.3 is 0 Å². The third-order valence-electron chi connectivity index (χ3n) is 4.58. The van der Waals surface area contributed by atoms with Gasteiger partial charge in [0.15, 0.2) is 0 Å². The highest BCUT2D eigenvalue weighted by molar-refractivity contribution is 7.10. The highest BCUT2D eigenvalue weighted by Gasteiger charge is 2.21. The first-order valence-corrected chi connectivity index (χ1v) is 9.40. The van der Waals surface area contributed by atoms with Gasteiger partial charge in [-0.1, -0.05) is 6.07 Å². The summed E-state index contributed by atoms with van der Waals surface area (Å²) in [4.78, 5) is 34.9. The molecule has 1 saturated heterocycles. The Bertz CT molecular complexity index is 732. The van der Waals surface area contributed by atoms with Gasteiger partial charge in [-0.05, 0) is 49.1 Å². The second-order valence-corrected chi connectivity index (χ2v) is 7.43. The van der Waals surface area contributed by atoms with E-state index in [1.165, 1.54) is 6.33 Å². The molecule has 1 aliphatic rings. The summed E-state index contributed by atoms with van der Waals surface area (Å²) in [5, 5.41) is 2.00. The third kappa shape index (κ3) is 4.85. The van der Waals surface area contributed by atoms with Gasteiger partial charge in [0.1, 0.15) is 12.0 Å². The van der Waals surface area contributed by atoms with E-state index in [0.29, 0.717) is 12.3 Å². The van der Waals surface area contributed by atoms with Gasteiger partial charge < -0.3 is 10.6 Å². The molecule has 0 bridgehead atoms. The lowest BCUT2D eigenvalue weighted by atomic mass is 9.95. The maximum absolute atomic E-state index is 12.5. The fraction of sp³-hybridized carbons (Fsp3) is 0.444. The molecule has 1 aliphatic heterocycles. The van der Waals surface area contributed by atoms with Crippen molar-refractivity contribution in [1.82, 2.24) is 14.9 Å². The third-order valence-corrected chi connectivity index (χ3v) is 5.46. The SMILES string of the molecule is NC(=O)c1cc(C[C@@H]2CCCN(C(=O)Cc3cccs3)CC2)ncn1. The predicted octanol–water partition coefficient (Wildman–Crippen LogP) is 2.05. The molecule has 3 heterocycles. The van der Waals surface area contributed by atoms with Gasteiger partial charge in [-0.25, -0.2) is 9.97 Å². The van der Waals surface area contributed by atoms with Crippen molar-refractivity contribution >= 4 is 23.2 Å². The minimum atomic E-state index is -0.533. The van der Waals surface area contributed by atoms with Crippen LogP contribution in [0.25, 0.3) is 0 Å². The van der Waals surface area contributed by atoms with Crippen molar-refractivity contribution in [2.45, 2.75) is 32.1 Å². The van der Waals surface area contributed by atoms with E-state index in [1.807, 2.05) is 22.4 Å². The molecule has 0 aromatic carbocycles. The zero-order valence-electron chi connectivity index (χ0n) is 14.1. The number of hydrogen-bond donors (Lipinski definition) is 1. The summed E-state index contributed by atoms with van der Waals surface area (Å²) in [5.74, 6) is 0.131. The van der Waals surface area contributed by atoms with Crippen LogP contribution < -0.4 is 5.73 Å². The number of nitrogens with two attached hydrogens (primary N) is 1. The standard InChI is InChI=1S/C18H22N4O2S/c19-18(24)16-10-14(20-12-21-16)9-13-3-1-6-22(7-5-13)17(23)11-15-4-2-8-25-15/h2,4,8,10,12-13H,1,3,5-7,9,11H2,(H2,19,24)/t13-/m1/s1. The van der Waals surface area contributed by atoms with Crippen LogP contribution in [0.5, 0.6) is 0 Å². The van der Waals surface area contributed by atoms with Crippen molar-refractivity contribution in [1.29, 1.82) is 0 Å². The van der Waals surface area contributed by atoms with Crippen LogP contribution in [0.2, 0.25) is 0 Å². The lowest BCUT2D eigenvalue weighted by Crippen LogP contribution is -2.33. The molecule has 25 heavy (non-hydrogen) atoms. The maximum Gasteiger partial charge on any atom is 0.267 e. The van der Waals surface area contributed by atoms with Crippen LogP contribution in [0.4, 0.5) is 0 Å². The molecule has 1 atom stereocenters. The maximum atomic E-state index is 12.5. The molecule has 0 spiro atoms. The Morgan fingerprint density at radius 2 is 2.16 bits per heavy atom. The van der Waals surface area contributed by atoms with Gasteiger partial charge in [0.25, 0.3) is 5.91 Å². The zero-order chi connectivity index (χ0) is 17.6. The molecule has 1 fully saturated rings. The van der Waals surface area contributed by atoms with E-state index in [0.717, 1.165) is 49.3 Å². The average molecular weight is 358 g/mol. The predicted molar refractivity (Wildman–Crippen MR) is 96.2 cm³/mol. The van der Waals surface area contributed by atoms with E-state index in [4.69, 9.17) is 5.73 Å². The van der Waals surface area contributed by atoms with Crippen LogP contribution in [-0.2, 0) is 17.6 Å². The highest BCUT2D eigenvalue weighted by Crippen LogP contribution is 2.22. The summed E-state index contributed by atoms with van der Waals surface area (Å²) in [6.45, 7) is 1.60. The Kier molecular flexibility index (Phi) is 5.75. The van der Waals surface area contributed by atoms with E-state index in [2.05, 4.69) is 9.97 Å². The summed E-state index contributed by atoms with van der Waals surface area (Å²) in [7, 11) is 0. The smallest absolute Gasteiger partial charge is 0.267 e. The molecule has 2 aromatic heterocycles. The molecule has 0 radical (unpaired) electrons. The number of rotatable bonds is 5. The molecule has 0 saturated carbocycles. The van der Waals surface area contributed by atoms with Gasteiger partial charge in [0.2, 0.25) is 5.91 Å². The van der Waals surface area contributed by atoms with Crippen LogP contribution in [-0.4, -0.2) is 39.8 Å². The van der Waals surface area contributed by atoms with E-state index in [9.17, 15) is 9.59 Å². The molecular weight excluding hydrogens is 336 g/mol. The molecule has 0 aliphatic carbocycles. The summed E-state index contributed by atoms with van der Waals surface area (Å²) in [5.41, 5.74) is 6.37. The molecule has 132 valence electrons. The van der Waals surface area contributed by atoms with Crippen LogP contribution in [0.1, 0.15) is 40.3 Å². The highest BCUT2D eigenvalue weighted by atomic mass is 32.1. The molecule has 7 heteroatoms. The van der Waals surface area contributed by atoms with Gasteiger partial charge in [-0.2, -0.15) is 0 Å². The first kappa shape index (κ1) is 17.5. The van der Waals surface area contributed by atoms with Gasteiger partial charge in [0, 0.05) is 23.7 Å². The van der Waals surface area contributed by atoms with Crippen molar-refractivity contribution in [2.75, 3.05) is 13.1 Å². The Balaban J connectivity index is 1.55. The molecule has 2 N–H and O–H groups in total. The Morgan fingerprint density at radius 3 is 2.92 bits per heavy atom. The van der Waals surface area contributed by atoms with Crippen LogP contribution in [0.3, 0.4) is 0 Å². The van der Waals surface area contributed by atoms with Crippen molar-refractivity contribution in [3.8, 4) is 0 Å². The van der Waals surface area contributed by atoms with E-state index in [1.54, 1.807) is 17.4 Å². The number of hydrogen-bond acceptors (Lipinski definition) is 5. The van der Waals surface area contributed by atoms with Crippen LogP contribution in [0.15, 0.2) is 29.9 Å². The fourth-order valence-electron chi connectivity index (χ4n) is 3.23. The van der Waals surface area contributed by atoms with Gasteiger partial charge in [0.05, 0.1) is 6.42 Å². The van der Waals surface area contributed by atoms with Crippen molar-refractivity contribution in [3.63, 3.8) is 0 Å². The molecule has 2 aromatic rings. The van der Waals surface area contributed by atoms with E-state index >= 15 is 0 Å². The number of nitrogens with zero attached hydrogens (tertiary/aromatic N) is 3. The number of amides is 2. The Hall–Kier alpha value is -2.28. The van der Waals surface area contributed by atoms with E-state index in [-0.39, 0.29) is 11.6 Å². The molecule has 3 rings (SSSR count). The number of primary amides is 1. The minimum absolute atomic E-state index is 0.209. The normalized spacial score (nSPS) is 17.9. The van der Waals surface area contributed by atoms with Crippen molar-refractivity contribution < 1.29 is 9.59 Å². The molecule has 6 nitrogen and oxygen atoms in total. The quantitative estimate of drug-likeness (QED) is 0.886. The topological polar surface area (TPSA) is 89.2 Å². The van der Waals surface area contributed by atoms with Crippen molar-refractivity contribution in [2.24, 2.45) is 11.7 Å². The summed E-state index contributed by atoms with van der Waals surface area (Å²) in [6.07, 6.45) is 5.67. The summed E-state index contributed by atoms with van der Waals surface area (Å²) >= 11 is 1.63. The molecular formula is C18H22N4O2S. The average Bonchev–Trinajstić information content (AvgIpc) is 2.99. The number of likely N-dealkylation sites (tertiary alicyclic amines) is 1. The number of aromatic nitrogens is 2. The van der Waals surface area contributed by atoms with Gasteiger partial charge in [-0.3, -0.25) is 9.59 Å². The summed E-state index contributed by atoms with van der Waals surface area (Å²) < 4.78 is 0. The second-order valence-electron chi connectivity index (χ2n) is 6.40. The number of carbonyl (C=O) groups excluding carboxylic acids is 2. The number of carbonyl (C=O) groups is 2. The first-order chi connectivity index (χ1) is 12.1. The zero-order valence-corrected chi connectivity index (χ0v) is 14.9.